The molecule has 2 nitrogen and oxygen atoms in total. The molecular weight excluding hydrogens is 256 g/mol. The Hall–Kier alpha value is -0.0500. The van der Waals surface area contributed by atoms with Crippen LogP contribution in [0.5, 0.6) is 0 Å². The molecule has 1 aliphatic heterocycles. The molecule has 3 fully saturated rings. The topological polar surface area (TPSA) is 15.3 Å². The second kappa shape index (κ2) is 5.75. The molecule has 1 saturated heterocycles. The van der Waals surface area contributed by atoms with Gasteiger partial charge in [-0.25, -0.2) is 0 Å². The van der Waals surface area contributed by atoms with E-state index < -0.39 is 0 Å². The van der Waals surface area contributed by atoms with Crippen LogP contribution in [0.1, 0.15) is 51.9 Å². The van der Waals surface area contributed by atoms with Crippen LogP contribution in [-0.2, 0) is 0 Å². The lowest BCUT2D eigenvalue weighted by Crippen LogP contribution is -2.65. The first-order chi connectivity index (χ1) is 9.23. The number of piperazine rings is 1. The fraction of sp³-hybridized carbons (Fsp3) is 0.875. The molecule has 0 radical (unpaired) electrons. The molecule has 0 amide bonds. The zero-order valence-corrected chi connectivity index (χ0v) is 12.9. The Labute approximate surface area is 122 Å². The van der Waals surface area contributed by atoms with Crippen LogP contribution in [0.2, 0.25) is 0 Å². The molecule has 0 aromatic heterocycles. The van der Waals surface area contributed by atoms with Gasteiger partial charge in [-0.3, -0.25) is 4.90 Å². The summed E-state index contributed by atoms with van der Waals surface area (Å²) < 4.78 is 0. The van der Waals surface area contributed by atoms with Gasteiger partial charge in [0, 0.05) is 36.8 Å². The third-order valence-corrected chi connectivity index (χ3v) is 5.76. The SMILES string of the molecule is CC(=CCl)CN1CC(C2CC2)NCC12CCCCC2. The molecule has 1 unspecified atom stereocenters. The molecule has 108 valence electrons. The summed E-state index contributed by atoms with van der Waals surface area (Å²) in [6, 6.07) is 0.732. The Balaban J connectivity index is 1.73. The van der Waals surface area contributed by atoms with Crippen LogP contribution in [0, 0.1) is 5.92 Å². The predicted octanol–water partition coefficient (Wildman–Crippen LogP) is 3.52. The molecule has 2 saturated carbocycles. The molecule has 1 N–H and O–H groups in total. The number of halogens is 1. The Morgan fingerprint density at radius 2 is 2.05 bits per heavy atom. The average molecular weight is 283 g/mol. The maximum atomic E-state index is 5.91. The summed E-state index contributed by atoms with van der Waals surface area (Å²) in [4.78, 5) is 2.76. The Kier molecular flexibility index (Phi) is 4.21. The molecule has 0 aromatic rings. The van der Waals surface area contributed by atoms with Gasteiger partial charge in [0.05, 0.1) is 0 Å². The van der Waals surface area contributed by atoms with Crippen molar-refractivity contribution < 1.29 is 0 Å². The first kappa shape index (κ1) is 13.9. The normalized spacial score (nSPS) is 32.7. The molecule has 19 heavy (non-hydrogen) atoms. The van der Waals surface area contributed by atoms with Crippen LogP contribution < -0.4 is 5.32 Å². The highest BCUT2D eigenvalue weighted by atomic mass is 35.5. The predicted molar refractivity (Wildman–Crippen MR) is 81.5 cm³/mol. The summed E-state index contributed by atoms with van der Waals surface area (Å²) in [7, 11) is 0. The van der Waals surface area contributed by atoms with Crippen molar-refractivity contribution in [3.8, 4) is 0 Å². The van der Waals surface area contributed by atoms with E-state index in [0.717, 1.165) is 18.5 Å². The highest BCUT2D eigenvalue weighted by Crippen LogP contribution is 2.40. The van der Waals surface area contributed by atoms with E-state index in [9.17, 15) is 0 Å². The zero-order valence-electron chi connectivity index (χ0n) is 12.1. The van der Waals surface area contributed by atoms with Crippen LogP contribution >= 0.6 is 11.6 Å². The van der Waals surface area contributed by atoms with E-state index in [2.05, 4.69) is 17.1 Å². The Morgan fingerprint density at radius 1 is 1.32 bits per heavy atom. The van der Waals surface area contributed by atoms with Gasteiger partial charge in [-0.05, 0) is 44.1 Å². The monoisotopic (exact) mass is 282 g/mol. The summed E-state index contributed by atoms with van der Waals surface area (Å²) in [5.74, 6) is 0.948. The second-order valence-corrected chi connectivity index (χ2v) is 7.16. The molecule has 3 aliphatic rings. The Bertz CT molecular complexity index is 343. The first-order valence-corrected chi connectivity index (χ1v) is 8.41. The fourth-order valence-electron chi connectivity index (χ4n) is 4.01. The third-order valence-electron chi connectivity index (χ3n) is 5.38. The third kappa shape index (κ3) is 3.01. The summed E-state index contributed by atoms with van der Waals surface area (Å²) >= 11 is 5.91. The van der Waals surface area contributed by atoms with Gasteiger partial charge in [0.25, 0.3) is 0 Å². The second-order valence-electron chi connectivity index (χ2n) is 6.95. The van der Waals surface area contributed by atoms with E-state index in [0.29, 0.717) is 5.54 Å². The number of hydrogen-bond donors (Lipinski definition) is 1. The molecular formula is C16H27ClN2. The van der Waals surface area contributed by atoms with Gasteiger partial charge in [-0.2, -0.15) is 0 Å². The van der Waals surface area contributed by atoms with Crippen LogP contribution in [0.15, 0.2) is 11.1 Å². The number of nitrogens with zero attached hydrogens (tertiary/aromatic N) is 1. The van der Waals surface area contributed by atoms with Crippen molar-refractivity contribution in [2.75, 3.05) is 19.6 Å². The molecule has 0 bridgehead atoms. The van der Waals surface area contributed by atoms with Gasteiger partial charge < -0.3 is 5.32 Å². The molecule has 1 spiro atoms. The van der Waals surface area contributed by atoms with Crippen molar-refractivity contribution >= 4 is 11.6 Å². The lowest BCUT2D eigenvalue weighted by Gasteiger charge is -2.52. The molecule has 1 atom stereocenters. The number of hydrogen-bond acceptors (Lipinski definition) is 2. The summed E-state index contributed by atoms with van der Waals surface area (Å²) in [6.45, 7) is 5.66. The van der Waals surface area contributed by atoms with Crippen LogP contribution in [0.25, 0.3) is 0 Å². The average Bonchev–Trinajstić information content (AvgIpc) is 3.27. The minimum absolute atomic E-state index is 0.421. The van der Waals surface area contributed by atoms with E-state index in [4.69, 9.17) is 11.6 Å². The van der Waals surface area contributed by atoms with Crippen molar-refractivity contribution in [1.82, 2.24) is 10.2 Å². The standard InChI is InChI=1S/C16H27ClN2/c1-13(9-17)10-19-11-15(14-5-6-14)18-12-16(19)7-3-2-4-8-16/h9,14-15,18H,2-8,10-12H2,1H3. The maximum Gasteiger partial charge on any atom is 0.0338 e. The minimum atomic E-state index is 0.421. The van der Waals surface area contributed by atoms with E-state index >= 15 is 0 Å². The van der Waals surface area contributed by atoms with E-state index in [1.807, 2.05) is 0 Å². The highest BCUT2D eigenvalue weighted by molar-refractivity contribution is 6.25. The van der Waals surface area contributed by atoms with Crippen molar-refractivity contribution in [1.29, 1.82) is 0 Å². The summed E-state index contributed by atoms with van der Waals surface area (Å²) in [6.07, 6.45) is 9.82. The van der Waals surface area contributed by atoms with Gasteiger partial charge in [0.2, 0.25) is 0 Å². The highest BCUT2D eigenvalue weighted by Gasteiger charge is 2.45. The van der Waals surface area contributed by atoms with Gasteiger partial charge in [0.1, 0.15) is 0 Å². The van der Waals surface area contributed by atoms with Gasteiger partial charge in [-0.1, -0.05) is 30.9 Å². The molecule has 3 heteroatoms. The first-order valence-electron chi connectivity index (χ1n) is 7.98. The lowest BCUT2D eigenvalue weighted by atomic mass is 9.78. The quantitative estimate of drug-likeness (QED) is 0.852. The minimum Gasteiger partial charge on any atom is -0.311 e. The molecule has 0 aromatic carbocycles. The van der Waals surface area contributed by atoms with E-state index in [1.54, 1.807) is 5.54 Å². The van der Waals surface area contributed by atoms with Crippen LogP contribution in [0.4, 0.5) is 0 Å². The molecule has 2 aliphatic carbocycles. The van der Waals surface area contributed by atoms with Crippen LogP contribution in [0.3, 0.4) is 0 Å². The molecule has 3 rings (SSSR count). The van der Waals surface area contributed by atoms with Crippen molar-refractivity contribution in [3.63, 3.8) is 0 Å². The van der Waals surface area contributed by atoms with E-state index in [-0.39, 0.29) is 0 Å². The summed E-state index contributed by atoms with van der Waals surface area (Å²) in [5.41, 5.74) is 3.50. The van der Waals surface area contributed by atoms with E-state index in [1.165, 1.54) is 63.6 Å². The van der Waals surface area contributed by atoms with Crippen LogP contribution in [-0.4, -0.2) is 36.1 Å². The zero-order chi connectivity index (χ0) is 13.3. The van der Waals surface area contributed by atoms with Crippen molar-refractivity contribution in [2.45, 2.75) is 63.5 Å². The largest absolute Gasteiger partial charge is 0.311 e. The van der Waals surface area contributed by atoms with Crippen molar-refractivity contribution in [3.05, 3.63) is 11.1 Å². The fourth-order valence-corrected chi connectivity index (χ4v) is 4.08. The van der Waals surface area contributed by atoms with Gasteiger partial charge in [-0.15, -0.1) is 0 Å². The van der Waals surface area contributed by atoms with Gasteiger partial charge >= 0.3 is 0 Å². The Morgan fingerprint density at radius 3 is 2.68 bits per heavy atom. The maximum absolute atomic E-state index is 5.91. The number of nitrogens with one attached hydrogen (secondary N) is 1. The summed E-state index contributed by atoms with van der Waals surface area (Å²) in [5, 5.41) is 3.87. The van der Waals surface area contributed by atoms with Gasteiger partial charge in [0.15, 0.2) is 0 Å². The lowest BCUT2D eigenvalue weighted by molar-refractivity contribution is 0.0136. The number of rotatable bonds is 3. The smallest absolute Gasteiger partial charge is 0.0338 e. The molecule has 1 heterocycles. The van der Waals surface area contributed by atoms with Crippen molar-refractivity contribution in [2.24, 2.45) is 5.92 Å².